The number of hydrogen-bond acceptors (Lipinski definition) is 5. The zero-order chi connectivity index (χ0) is 24.7. The number of methoxy groups -OCH3 is 1. The van der Waals surface area contributed by atoms with Gasteiger partial charge in [0.15, 0.2) is 0 Å². The molecule has 0 saturated carbocycles. The Bertz CT molecular complexity index is 1250. The van der Waals surface area contributed by atoms with Crippen molar-refractivity contribution in [3.05, 3.63) is 64.5 Å². The van der Waals surface area contributed by atoms with Crippen LogP contribution in [0.25, 0.3) is 10.1 Å². The summed E-state index contributed by atoms with van der Waals surface area (Å²) in [5.41, 5.74) is 1.47. The van der Waals surface area contributed by atoms with Crippen molar-refractivity contribution in [3.8, 4) is 5.75 Å². The van der Waals surface area contributed by atoms with Gasteiger partial charge >= 0.3 is 0 Å². The Balaban J connectivity index is 1.38. The molecular weight excluding hydrogens is 458 g/mol. The maximum atomic E-state index is 13.8. The first-order valence-corrected chi connectivity index (χ1v) is 13.1. The number of amides is 2. The van der Waals surface area contributed by atoms with Gasteiger partial charge in [-0.2, -0.15) is 0 Å². The fourth-order valence-corrected chi connectivity index (χ4v) is 6.54. The van der Waals surface area contributed by atoms with Crippen LogP contribution >= 0.6 is 11.3 Å². The highest BCUT2D eigenvalue weighted by Crippen LogP contribution is 2.35. The molecule has 2 amide bonds. The van der Waals surface area contributed by atoms with Crippen molar-refractivity contribution in [2.45, 2.75) is 51.9 Å². The third-order valence-corrected chi connectivity index (χ3v) is 8.82. The van der Waals surface area contributed by atoms with Crippen LogP contribution in [0.4, 0.5) is 0 Å². The zero-order valence-electron chi connectivity index (χ0n) is 20.9. The van der Waals surface area contributed by atoms with Gasteiger partial charge in [-0.1, -0.05) is 37.3 Å². The Kier molecular flexibility index (Phi) is 6.32. The monoisotopic (exact) mass is 491 g/mol. The summed E-state index contributed by atoms with van der Waals surface area (Å²) in [6.45, 7) is 9.06. The highest BCUT2D eigenvalue weighted by Gasteiger charge is 2.52. The van der Waals surface area contributed by atoms with Gasteiger partial charge in [-0.15, -0.1) is 11.3 Å². The van der Waals surface area contributed by atoms with Crippen LogP contribution in [-0.2, 0) is 29.1 Å². The van der Waals surface area contributed by atoms with Gasteiger partial charge in [0.2, 0.25) is 11.8 Å². The normalized spacial score (nSPS) is 20.4. The van der Waals surface area contributed by atoms with Crippen molar-refractivity contribution in [1.29, 1.82) is 0 Å². The lowest BCUT2D eigenvalue weighted by atomic mass is 9.91. The van der Waals surface area contributed by atoms with E-state index < -0.39 is 11.6 Å². The van der Waals surface area contributed by atoms with Gasteiger partial charge < -0.3 is 14.5 Å². The molecule has 0 aliphatic carbocycles. The van der Waals surface area contributed by atoms with Gasteiger partial charge in [-0.3, -0.25) is 14.5 Å². The first-order chi connectivity index (χ1) is 16.8. The second kappa shape index (κ2) is 9.28. The molecule has 0 bridgehead atoms. The number of carbonyl (C=O) groups is 2. The Hall–Kier alpha value is -2.90. The molecule has 3 heterocycles. The topological polar surface area (TPSA) is 53.1 Å². The largest absolute Gasteiger partial charge is 0.497 e. The average molecular weight is 492 g/mol. The van der Waals surface area contributed by atoms with Gasteiger partial charge in [0.05, 0.1) is 7.11 Å². The van der Waals surface area contributed by atoms with E-state index in [-0.39, 0.29) is 11.8 Å². The lowest BCUT2D eigenvalue weighted by Crippen LogP contribution is -2.73. The van der Waals surface area contributed by atoms with Crippen molar-refractivity contribution in [1.82, 2.24) is 14.7 Å². The Morgan fingerprint density at radius 2 is 1.77 bits per heavy atom. The summed E-state index contributed by atoms with van der Waals surface area (Å²) in [6.07, 6.45) is 0.999. The molecule has 7 heteroatoms. The number of nitrogens with zero attached hydrogens (tertiary/aromatic N) is 3. The SMILES string of the molecule is CCc1sc2ccccc2c1CN1CCN2C(=O)C(C)(C)N(Cc3ccc(OC)cc3)C(=O)C2C1. The van der Waals surface area contributed by atoms with Crippen LogP contribution in [0.5, 0.6) is 5.75 Å². The molecule has 0 spiro atoms. The van der Waals surface area contributed by atoms with Crippen molar-refractivity contribution in [2.75, 3.05) is 26.7 Å². The van der Waals surface area contributed by atoms with E-state index in [1.165, 1.54) is 20.5 Å². The van der Waals surface area contributed by atoms with Crippen LogP contribution < -0.4 is 4.74 Å². The smallest absolute Gasteiger partial charge is 0.248 e. The molecule has 2 saturated heterocycles. The van der Waals surface area contributed by atoms with E-state index in [0.29, 0.717) is 19.6 Å². The minimum absolute atomic E-state index is 0.0287. The Morgan fingerprint density at radius 1 is 1.03 bits per heavy atom. The van der Waals surface area contributed by atoms with Crippen molar-refractivity contribution in [3.63, 3.8) is 0 Å². The van der Waals surface area contributed by atoms with Crippen LogP contribution in [0.2, 0.25) is 0 Å². The fraction of sp³-hybridized carbons (Fsp3) is 0.429. The summed E-state index contributed by atoms with van der Waals surface area (Å²) >= 11 is 1.86. The first-order valence-electron chi connectivity index (χ1n) is 12.3. The molecule has 0 radical (unpaired) electrons. The molecule has 6 nitrogen and oxygen atoms in total. The van der Waals surface area contributed by atoms with Crippen molar-refractivity contribution in [2.24, 2.45) is 0 Å². The molecule has 35 heavy (non-hydrogen) atoms. The lowest BCUT2D eigenvalue weighted by Gasteiger charge is -2.52. The molecule has 3 aromatic rings. The number of fused-ring (bicyclic) bond motifs is 2. The van der Waals surface area contributed by atoms with Crippen LogP contribution in [-0.4, -0.2) is 64.8 Å². The van der Waals surface area contributed by atoms with E-state index >= 15 is 0 Å². The van der Waals surface area contributed by atoms with Gasteiger partial charge in [0.1, 0.15) is 17.3 Å². The van der Waals surface area contributed by atoms with E-state index in [1.54, 1.807) is 12.0 Å². The number of carbonyl (C=O) groups excluding carboxylic acids is 2. The number of aryl methyl sites for hydroxylation is 1. The number of thiophene rings is 1. The molecule has 2 aliphatic rings. The van der Waals surface area contributed by atoms with Gasteiger partial charge in [-0.05, 0) is 55.0 Å². The fourth-order valence-electron chi connectivity index (χ4n) is 5.38. The Labute approximate surface area is 211 Å². The summed E-state index contributed by atoms with van der Waals surface area (Å²) in [4.78, 5) is 34.7. The molecule has 2 aromatic carbocycles. The van der Waals surface area contributed by atoms with E-state index in [1.807, 2.05) is 54.3 Å². The first kappa shape index (κ1) is 23.8. The zero-order valence-corrected chi connectivity index (χ0v) is 21.7. The summed E-state index contributed by atoms with van der Waals surface area (Å²) < 4.78 is 6.58. The lowest BCUT2D eigenvalue weighted by molar-refractivity contribution is -0.173. The van der Waals surface area contributed by atoms with E-state index in [4.69, 9.17) is 4.74 Å². The second-order valence-corrected chi connectivity index (χ2v) is 11.1. The van der Waals surface area contributed by atoms with E-state index in [9.17, 15) is 9.59 Å². The maximum Gasteiger partial charge on any atom is 0.248 e. The van der Waals surface area contributed by atoms with E-state index in [0.717, 1.165) is 30.8 Å². The van der Waals surface area contributed by atoms with Crippen molar-refractivity contribution >= 4 is 33.2 Å². The number of piperazine rings is 2. The van der Waals surface area contributed by atoms with Crippen LogP contribution in [0.3, 0.4) is 0 Å². The standard InChI is InChI=1S/C28H33N3O3S/c1-5-24-22(21-8-6-7-9-25(21)35-24)17-29-14-15-30-23(18-29)26(32)31(28(2,3)27(30)33)16-19-10-12-20(34-4)13-11-19/h6-13,23H,5,14-18H2,1-4H3. The second-order valence-electron chi connectivity index (χ2n) is 9.93. The minimum atomic E-state index is -0.880. The molecule has 1 aromatic heterocycles. The summed E-state index contributed by atoms with van der Waals surface area (Å²) in [6, 6.07) is 15.8. The predicted molar refractivity (Wildman–Crippen MR) is 140 cm³/mol. The third-order valence-electron chi connectivity index (χ3n) is 7.46. The molecule has 2 aliphatic heterocycles. The number of ether oxygens (including phenoxy) is 1. The quantitative estimate of drug-likeness (QED) is 0.516. The third kappa shape index (κ3) is 4.21. The van der Waals surface area contributed by atoms with Gasteiger partial charge in [0.25, 0.3) is 0 Å². The number of hydrogen-bond donors (Lipinski definition) is 0. The molecule has 2 fully saturated rings. The molecule has 5 rings (SSSR count). The van der Waals surface area contributed by atoms with E-state index in [2.05, 4.69) is 36.1 Å². The molecule has 0 N–H and O–H groups in total. The number of benzene rings is 2. The predicted octanol–water partition coefficient (Wildman–Crippen LogP) is 4.31. The molecular formula is C28H33N3O3S. The maximum absolute atomic E-state index is 13.8. The van der Waals surface area contributed by atoms with Gasteiger partial charge in [-0.25, -0.2) is 0 Å². The summed E-state index contributed by atoms with van der Waals surface area (Å²) in [7, 11) is 1.64. The highest BCUT2D eigenvalue weighted by molar-refractivity contribution is 7.19. The van der Waals surface area contributed by atoms with Gasteiger partial charge in [0, 0.05) is 42.3 Å². The van der Waals surface area contributed by atoms with Crippen LogP contribution in [0, 0.1) is 0 Å². The molecule has 1 unspecified atom stereocenters. The van der Waals surface area contributed by atoms with Crippen LogP contribution in [0.15, 0.2) is 48.5 Å². The minimum Gasteiger partial charge on any atom is -0.497 e. The summed E-state index contributed by atoms with van der Waals surface area (Å²) in [5, 5.41) is 1.31. The highest BCUT2D eigenvalue weighted by atomic mass is 32.1. The molecule has 1 atom stereocenters. The number of rotatable bonds is 6. The van der Waals surface area contributed by atoms with Crippen molar-refractivity contribution < 1.29 is 14.3 Å². The Morgan fingerprint density at radius 3 is 2.49 bits per heavy atom. The molecule has 184 valence electrons. The summed E-state index contributed by atoms with van der Waals surface area (Å²) in [5.74, 6) is 0.835. The van der Waals surface area contributed by atoms with Crippen LogP contribution in [0.1, 0.15) is 36.8 Å². The average Bonchev–Trinajstić information content (AvgIpc) is 3.23.